The zero-order valence-corrected chi connectivity index (χ0v) is 12.9. The lowest BCUT2D eigenvalue weighted by atomic mass is 9.92. The average molecular weight is 336 g/mol. The molecule has 0 aliphatic carbocycles. The van der Waals surface area contributed by atoms with Gasteiger partial charge in [0, 0.05) is 12.0 Å². The van der Waals surface area contributed by atoms with E-state index in [9.17, 15) is 13.9 Å². The molecule has 0 heterocycles. The van der Waals surface area contributed by atoms with E-state index in [1.165, 1.54) is 12.1 Å². The van der Waals surface area contributed by atoms with E-state index >= 15 is 0 Å². The van der Waals surface area contributed by atoms with Crippen molar-refractivity contribution in [3.63, 3.8) is 0 Å². The van der Waals surface area contributed by atoms with Crippen molar-refractivity contribution in [1.29, 1.82) is 0 Å². The minimum atomic E-state index is -1.14. The second kappa shape index (κ2) is 7.31. The first-order valence-electron chi connectivity index (χ1n) is 6.43. The zero-order chi connectivity index (χ0) is 14.5. The number of halogens is 3. The minimum Gasteiger partial charge on any atom is -0.390 e. The summed E-state index contributed by atoms with van der Waals surface area (Å²) in [6, 6.07) is 2.53. The molecule has 1 aromatic rings. The standard InChI is InChI=1S/C14H20BrF2NO/c1-3-7-18-8-6-14(2,19)9-10-12(16)5-4-11(15)13(10)17/h4-5,18-19H,3,6-9H2,1-2H3. The summed E-state index contributed by atoms with van der Waals surface area (Å²) in [5.41, 5.74) is -1.21. The van der Waals surface area contributed by atoms with Gasteiger partial charge in [-0.2, -0.15) is 0 Å². The molecule has 108 valence electrons. The predicted octanol–water partition coefficient (Wildman–Crippen LogP) is 3.41. The fourth-order valence-corrected chi connectivity index (χ4v) is 2.23. The van der Waals surface area contributed by atoms with Crippen molar-refractivity contribution in [3.05, 3.63) is 33.8 Å². The average Bonchev–Trinajstić information content (AvgIpc) is 2.35. The van der Waals surface area contributed by atoms with Crippen LogP contribution in [0.2, 0.25) is 0 Å². The Kier molecular flexibility index (Phi) is 6.36. The summed E-state index contributed by atoms with van der Waals surface area (Å²) in [7, 11) is 0. The molecule has 0 aliphatic heterocycles. The third-order valence-electron chi connectivity index (χ3n) is 2.96. The predicted molar refractivity (Wildman–Crippen MR) is 76.2 cm³/mol. The van der Waals surface area contributed by atoms with Gasteiger partial charge in [-0.05, 0) is 60.9 Å². The normalized spacial score (nSPS) is 14.4. The van der Waals surface area contributed by atoms with Gasteiger partial charge in [0.15, 0.2) is 0 Å². The van der Waals surface area contributed by atoms with E-state index in [2.05, 4.69) is 28.2 Å². The van der Waals surface area contributed by atoms with Crippen LogP contribution >= 0.6 is 15.9 Å². The van der Waals surface area contributed by atoms with E-state index in [1.54, 1.807) is 6.92 Å². The second-order valence-corrected chi connectivity index (χ2v) is 5.85. The number of benzene rings is 1. The van der Waals surface area contributed by atoms with Crippen LogP contribution in [0, 0.1) is 11.6 Å². The van der Waals surface area contributed by atoms with Gasteiger partial charge in [0.05, 0.1) is 10.1 Å². The Labute approximate surface area is 121 Å². The quantitative estimate of drug-likeness (QED) is 0.591. The number of aliphatic hydroxyl groups is 1. The van der Waals surface area contributed by atoms with Crippen molar-refractivity contribution in [3.8, 4) is 0 Å². The number of hydrogen-bond donors (Lipinski definition) is 2. The molecule has 1 rings (SSSR count). The molecule has 0 spiro atoms. The van der Waals surface area contributed by atoms with Crippen LogP contribution in [0.3, 0.4) is 0 Å². The zero-order valence-electron chi connectivity index (χ0n) is 11.3. The highest BCUT2D eigenvalue weighted by Crippen LogP contribution is 2.26. The summed E-state index contributed by atoms with van der Waals surface area (Å²) in [4.78, 5) is 0. The largest absolute Gasteiger partial charge is 0.390 e. The molecule has 19 heavy (non-hydrogen) atoms. The van der Waals surface area contributed by atoms with Crippen LogP contribution in [0.1, 0.15) is 32.3 Å². The van der Waals surface area contributed by atoms with Crippen LogP contribution in [0.4, 0.5) is 8.78 Å². The Balaban J connectivity index is 2.69. The van der Waals surface area contributed by atoms with Crippen LogP contribution in [0.25, 0.3) is 0 Å². The van der Waals surface area contributed by atoms with Crippen LogP contribution in [-0.4, -0.2) is 23.8 Å². The van der Waals surface area contributed by atoms with Crippen LogP contribution < -0.4 is 5.32 Å². The Hall–Kier alpha value is -0.520. The van der Waals surface area contributed by atoms with Gasteiger partial charge in [-0.25, -0.2) is 8.78 Å². The summed E-state index contributed by atoms with van der Waals surface area (Å²) in [5.74, 6) is -1.26. The van der Waals surface area contributed by atoms with Crippen molar-refractivity contribution < 1.29 is 13.9 Å². The molecule has 1 atom stereocenters. The van der Waals surface area contributed by atoms with E-state index in [4.69, 9.17) is 0 Å². The summed E-state index contributed by atoms with van der Waals surface area (Å²) in [5, 5.41) is 13.4. The van der Waals surface area contributed by atoms with Crippen molar-refractivity contribution in [2.24, 2.45) is 0 Å². The number of rotatable bonds is 7. The lowest BCUT2D eigenvalue weighted by Crippen LogP contribution is -2.33. The molecule has 1 unspecified atom stereocenters. The Morgan fingerprint density at radius 1 is 1.32 bits per heavy atom. The SMILES string of the molecule is CCCNCCC(C)(O)Cc1c(F)ccc(Br)c1F. The fourth-order valence-electron chi connectivity index (χ4n) is 1.86. The topological polar surface area (TPSA) is 32.3 Å². The van der Waals surface area contributed by atoms with Crippen molar-refractivity contribution >= 4 is 15.9 Å². The first-order valence-corrected chi connectivity index (χ1v) is 7.22. The third-order valence-corrected chi connectivity index (χ3v) is 3.58. The van der Waals surface area contributed by atoms with Crippen LogP contribution in [-0.2, 0) is 6.42 Å². The molecular weight excluding hydrogens is 316 g/mol. The fraction of sp³-hybridized carbons (Fsp3) is 0.571. The van der Waals surface area contributed by atoms with Gasteiger partial charge in [0.25, 0.3) is 0 Å². The molecule has 1 aromatic carbocycles. The molecule has 5 heteroatoms. The Morgan fingerprint density at radius 2 is 2.00 bits per heavy atom. The van der Waals surface area contributed by atoms with Gasteiger partial charge in [-0.1, -0.05) is 6.92 Å². The van der Waals surface area contributed by atoms with Crippen molar-refractivity contribution in [2.75, 3.05) is 13.1 Å². The molecule has 0 bridgehead atoms. The van der Waals surface area contributed by atoms with E-state index in [0.717, 1.165) is 13.0 Å². The van der Waals surface area contributed by atoms with Gasteiger partial charge in [-0.3, -0.25) is 0 Å². The third kappa shape index (κ3) is 5.16. The monoisotopic (exact) mass is 335 g/mol. The Bertz CT molecular complexity index is 424. The summed E-state index contributed by atoms with van der Waals surface area (Å²) < 4.78 is 27.7. The summed E-state index contributed by atoms with van der Waals surface area (Å²) >= 11 is 3.03. The smallest absolute Gasteiger partial charge is 0.143 e. The highest BCUT2D eigenvalue weighted by atomic mass is 79.9. The highest BCUT2D eigenvalue weighted by molar-refractivity contribution is 9.10. The lowest BCUT2D eigenvalue weighted by molar-refractivity contribution is 0.0497. The molecule has 0 amide bonds. The maximum absolute atomic E-state index is 13.8. The van der Waals surface area contributed by atoms with Gasteiger partial charge in [-0.15, -0.1) is 0 Å². The molecule has 0 saturated heterocycles. The van der Waals surface area contributed by atoms with E-state index in [0.29, 0.717) is 13.0 Å². The van der Waals surface area contributed by atoms with E-state index < -0.39 is 17.2 Å². The highest BCUT2D eigenvalue weighted by Gasteiger charge is 2.25. The molecule has 0 aromatic heterocycles. The first kappa shape index (κ1) is 16.5. The van der Waals surface area contributed by atoms with Crippen LogP contribution in [0.5, 0.6) is 0 Å². The molecule has 0 fully saturated rings. The van der Waals surface area contributed by atoms with Crippen molar-refractivity contribution in [1.82, 2.24) is 5.32 Å². The van der Waals surface area contributed by atoms with E-state index in [1.807, 2.05) is 0 Å². The molecule has 2 nitrogen and oxygen atoms in total. The molecule has 0 aliphatic rings. The summed E-state index contributed by atoms with van der Waals surface area (Å²) in [6.45, 7) is 5.14. The first-order chi connectivity index (χ1) is 8.87. The second-order valence-electron chi connectivity index (χ2n) is 5.00. The Morgan fingerprint density at radius 3 is 2.63 bits per heavy atom. The van der Waals surface area contributed by atoms with Crippen LogP contribution in [0.15, 0.2) is 16.6 Å². The molecular formula is C14H20BrF2NO. The van der Waals surface area contributed by atoms with Gasteiger partial charge >= 0.3 is 0 Å². The maximum atomic E-state index is 13.8. The lowest BCUT2D eigenvalue weighted by Gasteiger charge is -2.24. The number of hydrogen-bond acceptors (Lipinski definition) is 2. The van der Waals surface area contributed by atoms with E-state index in [-0.39, 0.29) is 16.5 Å². The molecule has 0 saturated carbocycles. The van der Waals surface area contributed by atoms with Crippen molar-refractivity contribution in [2.45, 2.75) is 38.7 Å². The molecule has 0 radical (unpaired) electrons. The molecule has 2 N–H and O–H groups in total. The van der Waals surface area contributed by atoms with Gasteiger partial charge < -0.3 is 10.4 Å². The summed E-state index contributed by atoms with van der Waals surface area (Å²) in [6.07, 6.45) is 1.41. The minimum absolute atomic E-state index is 0.0437. The number of nitrogens with one attached hydrogen (secondary N) is 1. The maximum Gasteiger partial charge on any atom is 0.143 e. The van der Waals surface area contributed by atoms with Gasteiger partial charge in [0.1, 0.15) is 11.6 Å². The van der Waals surface area contributed by atoms with Gasteiger partial charge in [0.2, 0.25) is 0 Å².